The van der Waals surface area contributed by atoms with Crippen LogP contribution in [0.25, 0.3) is 0 Å². The van der Waals surface area contributed by atoms with Crippen LogP contribution < -0.4 is 10.6 Å². The Morgan fingerprint density at radius 1 is 1.24 bits per heavy atom. The molecule has 0 radical (unpaired) electrons. The van der Waals surface area contributed by atoms with E-state index in [9.17, 15) is 14.0 Å². The number of amides is 2. The summed E-state index contributed by atoms with van der Waals surface area (Å²) in [5.41, 5.74) is 1.42. The highest BCUT2D eigenvalue weighted by molar-refractivity contribution is 14.0. The largest absolute Gasteiger partial charge is 0.355 e. The first-order valence-electron chi connectivity index (χ1n) is 8.04. The molecule has 1 fully saturated rings. The fourth-order valence-electron chi connectivity index (χ4n) is 2.49. The maximum Gasteiger partial charge on any atom is 0.229 e. The van der Waals surface area contributed by atoms with Crippen LogP contribution in [0.5, 0.6) is 0 Å². The van der Waals surface area contributed by atoms with E-state index >= 15 is 0 Å². The van der Waals surface area contributed by atoms with Crippen molar-refractivity contribution in [2.45, 2.75) is 32.7 Å². The second-order valence-corrected chi connectivity index (χ2v) is 5.73. The Morgan fingerprint density at radius 2 is 1.92 bits per heavy atom. The smallest absolute Gasteiger partial charge is 0.229 e. The predicted octanol–water partition coefficient (Wildman–Crippen LogP) is 1.96. The molecule has 8 heteroatoms. The molecule has 0 aromatic heterocycles. The summed E-state index contributed by atoms with van der Waals surface area (Å²) in [5, 5.41) is 6.13. The second kappa shape index (κ2) is 10.3. The molecule has 1 aromatic rings. The van der Waals surface area contributed by atoms with Crippen LogP contribution in [-0.2, 0) is 16.1 Å². The van der Waals surface area contributed by atoms with Crippen LogP contribution in [0.4, 0.5) is 4.39 Å². The third kappa shape index (κ3) is 6.26. The van der Waals surface area contributed by atoms with Gasteiger partial charge >= 0.3 is 0 Å². The van der Waals surface area contributed by atoms with Gasteiger partial charge in [0.1, 0.15) is 5.82 Å². The molecule has 138 valence electrons. The molecule has 0 spiro atoms. The van der Waals surface area contributed by atoms with Crippen molar-refractivity contribution in [1.29, 1.82) is 0 Å². The maximum atomic E-state index is 13.5. The molecule has 25 heavy (non-hydrogen) atoms. The van der Waals surface area contributed by atoms with E-state index in [1.807, 2.05) is 6.07 Å². The Kier molecular flexibility index (Phi) is 8.81. The molecule has 0 bridgehead atoms. The van der Waals surface area contributed by atoms with E-state index in [0.717, 1.165) is 5.56 Å². The van der Waals surface area contributed by atoms with Gasteiger partial charge in [-0.25, -0.2) is 4.39 Å². The van der Waals surface area contributed by atoms with Crippen molar-refractivity contribution in [1.82, 2.24) is 15.5 Å². The zero-order valence-corrected chi connectivity index (χ0v) is 16.8. The topological polar surface area (TPSA) is 73.8 Å². The number of benzene rings is 1. The van der Waals surface area contributed by atoms with Gasteiger partial charge in [-0.1, -0.05) is 12.1 Å². The molecule has 0 saturated carbocycles. The summed E-state index contributed by atoms with van der Waals surface area (Å²) in [4.78, 5) is 28.8. The summed E-state index contributed by atoms with van der Waals surface area (Å²) < 4.78 is 13.5. The van der Waals surface area contributed by atoms with Crippen LogP contribution in [0.2, 0.25) is 0 Å². The van der Waals surface area contributed by atoms with Gasteiger partial charge in [0, 0.05) is 39.5 Å². The van der Waals surface area contributed by atoms with E-state index in [4.69, 9.17) is 0 Å². The number of hydrogen-bond donors (Lipinski definition) is 2. The minimum Gasteiger partial charge on any atom is -0.355 e. The third-order valence-corrected chi connectivity index (χ3v) is 3.93. The molecule has 0 atom stereocenters. The number of nitrogens with one attached hydrogen (secondary N) is 2. The fraction of sp³-hybridized carbons (Fsp3) is 0.471. The van der Waals surface area contributed by atoms with Gasteiger partial charge in [-0.3, -0.25) is 19.5 Å². The van der Waals surface area contributed by atoms with E-state index in [0.29, 0.717) is 50.4 Å². The van der Waals surface area contributed by atoms with E-state index in [1.54, 1.807) is 20.0 Å². The van der Waals surface area contributed by atoms with Crippen LogP contribution in [0.15, 0.2) is 23.2 Å². The molecule has 1 aliphatic heterocycles. The van der Waals surface area contributed by atoms with Crippen molar-refractivity contribution in [2.75, 3.05) is 20.1 Å². The Hall–Kier alpha value is -1.71. The summed E-state index contributed by atoms with van der Waals surface area (Å²) >= 11 is 0. The standard InChI is InChI=1S/C17H23FN4O2.HI/c1-12-6-7-13(10-14(12)18)11-21-17(19-2)20-8-9-22-15(23)4-3-5-16(22)24;/h6-7,10H,3-5,8-9,11H2,1-2H3,(H2,19,20,21);1H. The number of likely N-dealkylation sites (tertiary alicyclic amines) is 1. The van der Waals surface area contributed by atoms with Gasteiger partial charge < -0.3 is 10.6 Å². The highest BCUT2D eigenvalue weighted by Crippen LogP contribution is 2.11. The molecular formula is C17H24FIN4O2. The number of rotatable bonds is 5. The van der Waals surface area contributed by atoms with E-state index in [1.165, 1.54) is 11.0 Å². The number of carbonyl (C=O) groups is 2. The predicted molar refractivity (Wildman–Crippen MR) is 105 cm³/mol. The van der Waals surface area contributed by atoms with Gasteiger partial charge in [0.25, 0.3) is 0 Å². The van der Waals surface area contributed by atoms with Gasteiger partial charge in [-0.05, 0) is 30.5 Å². The minimum absolute atomic E-state index is 0. The van der Waals surface area contributed by atoms with Gasteiger partial charge in [0.15, 0.2) is 5.96 Å². The number of imide groups is 1. The first-order chi connectivity index (χ1) is 11.5. The van der Waals surface area contributed by atoms with Crippen LogP contribution in [0.1, 0.15) is 30.4 Å². The highest BCUT2D eigenvalue weighted by Gasteiger charge is 2.25. The Balaban J connectivity index is 0.00000312. The molecule has 1 saturated heterocycles. The molecule has 6 nitrogen and oxygen atoms in total. The van der Waals surface area contributed by atoms with E-state index < -0.39 is 0 Å². The summed E-state index contributed by atoms with van der Waals surface area (Å²) in [7, 11) is 1.63. The lowest BCUT2D eigenvalue weighted by atomic mass is 10.1. The summed E-state index contributed by atoms with van der Waals surface area (Å²) in [6, 6.07) is 5.07. The van der Waals surface area contributed by atoms with E-state index in [2.05, 4.69) is 15.6 Å². The number of aryl methyl sites for hydroxylation is 1. The van der Waals surface area contributed by atoms with Crippen LogP contribution in [0.3, 0.4) is 0 Å². The Labute approximate surface area is 164 Å². The summed E-state index contributed by atoms with van der Waals surface area (Å²) in [5.74, 6) is 0.0597. The number of piperidine rings is 1. The maximum absolute atomic E-state index is 13.5. The Bertz CT molecular complexity index is 636. The van der Waals surface area contributed by atoms with Crippen molar-refractivity contribution in [3.8, 4) is 0 Å². The minimum atomic E-state index is -0.237. The van der Waals surface area contributed by atoms with Crippen LogP contribution in [0, 0.1) is 12.7 Å². The van der Waals surface area contributed by atoms with Crippen LogP contribution in [-0.4, -0.2) is 42.8 Å². The van der Waals surface area contributed by atoms with Gasteiger partial charge in [0.05, 0.1) is 0 Å². The zero-order valence-electron chi connectivity index (χ0n) is 14.5. The Morgan fingerprint density at radius 3 is 2.52 bits per heavy atom. The van der Waals surface area contributed by atoms with Crippen molar-refractivity contribution in [3.05, 3.63) is 35.1 Å². The summed E-state index contributed by atoms with van der Waals surface area (Å²) in [6.07, 6.45) is 1.49. The lowest BCUT2D eigenvalue weighted by Gasteiger charge is -2.25. The lowest BCUT2D eigenvalue weighted by Crippen LogP contribution is -2.46. The van der Waals surface area contributed by atoms with Gasteiger partial charge in [0.2, 0.25) is 11.8 Å². The normalized spacial score (nSPS) is 15.0. The zero-order chi connectivity index (χ0) is 17.5. The summed E-state index contributed by atoms with van der Waals surface area (Å²) in [6.45, 7) is 2.88. The quantitative estimate of drug-likeness (QED) is 0.304. The van der Waals surface area contributed by atoms with Crippen molar-refractivity contribution >= 4 is 41.8 Å². The van der Waals surface area contributed by atoms with Crippen molar-refractivity contribution in [2.24, 2.45) is 4.99 Å². The van der Waals surface area contributed by atoms with Gasteiger partial charge in [-0.15, -0.1) is 24.0 Å². The number of halogens is 2. The molecule has 2 N–H and O–H groups in total. The van der Waals surface area contributed by atoms with Crippen LogP contribution >= 0.6 is 24.0 Å². The molecule has 1 aliphatic rings. The average molecular weight is 462 g/mol. The number of guanidine groups is 1. The molecule has 1 aromatic carbocycles. The fourth-order valence-corrected chi connectivity index (χ4v) is 2.49. The molecule has 2 amide bonds. The lowest BCUT2D eigenvalue weighted by molar-refractivity contribution is -0.147. The number of carbonyl (C=O) groups excluding carboxylic acids is 2. The molecular weight excluding hydrogens is 438 g/mol. The number of nitrogens with zero attached hydrogens (tertiary/aromatic N) is 2. The number of aliphatic imine (C=N–C) groups is 1. The average Bonchev–Trinajstić information content (AvgIpc) is 2.56. The van der Waals surface area contributed by atoms with Crippen molar-refractivity contribution in [3.63, 3.8) is 0 Å². The van der Waals surface area contributed by atoms with E-state index in [-0.39, 0.29) is 41.6 Å². The third-order valence-electron chi connectivity index (χ3n) is 3.93. The molecule has 2 rings (SSSR count). The highest BCUT2D eigenvalue weighted by atomic mass is 127. The first kappa shape index (κ1) is 21.3. The molecule has 1 heterocycles. The molecule has 0 aliphatic carbocycles. The monoisotopic (exact) mass is 462 g/mol. The first-order valence-corrected chi connectivity index (χ1v) is 8.04. The molecule has 0 unspecified atom stereocenters. The van der Waals surface area contributed by atoms with Gasteiger partial charge in [-0.2, -0.15) is 0 Å². The number of hydrogen-bond acceptors (Lipinski definition) is 3. The SMILES string of the molecule is CN=C(NCCN1C(=O)CCCC1=O)NCc1ccc(C)c(F)c1.I. The van der Waals surface area contributed by atoms with Crippen molar-refractivity contribution < 1.29 is 14.0 Å². The second-order valence-electron chi connectivity index (χ2n) is 5.73.